The van der Waals surface area contributed by atoms with Crippen LogP contribution in [0.25, 0.3) is 0 Å². The number of rotatable bonds is 5. The number of carbonyl (C=O) groups is 1. The first-order chi connectivity index (χ1) is 11.9. The van der Waals surface area contributed by atoms with Crippen LogP contribution in [0, 0.1) is 0 Å². The third kappa shape index (κ3) is 3.38. The monoisotopic (exact) mass is 361 g/mol. The molecule has 132 valence electrons. The Morgan fingerprint density at radius 1 is 1.20 bits per heavy atom. The van der Waals surface area contributed by atoms with Gasteiger partial charge < -0.3 is 9.84 Å². The second-order valence-corrected chi connectivity index (χ2v) is 7.74. The predicted molar refractivity (Wildman–Crippen MR) is 92.0 cm³/mol. The lowest BCUT2D eigenvalue weighted by molar-refractivity contribution is -0.138. The summed E-state index contributed by atoms with van der Waals surface area (Å²) >= 11 is 0. The summed E-state index contributed by atoms with van der Waals surface area (Å²) in [6.45, 7) is 0.253. The summed E-state index contributed by atoms with van der Waals surface area (Å²) in [5.41, 5.74) is 1.75. The summed E-state index contributed by atoms with van der Waals surface area (Å²) in [5, 5.41) is 9.28. The summed E-state index contributed by atoms with van der Waals surface area (Å²) < 4.78 is 32.5. The van der Waals surface area contributed by atoms with Crippen molar-refractivity contribution < 1.29 is 23.1 Å². The van der Waals surface area contributed by atoms with Gasteiger partial charge in [-0.1, -0.05) is 24.3 Å². The van der Waals surface area contributed by atoms with Crippen LogP contribution in [0.4, 0.5) is 0 Å². The van der Waals surface area contributed by atoms with Gasteiger partial charge in [0.05, 0.1) is 24.5 Å². The standard InChI is InChI=1S/C18H19NO5S/c1-24-14-6-8-15(9-7-14)25(22,23)19-11-10-13-4-2-3-5-16(13)17(19)12-18(20)21/h2-9,17H,10-12H2,1H3,(H,20,21). The highest BCUT2D eigenvalue weighted by molar-refractivity contribution is 7.89. The Kier molecular flexibility index (Phi) is 4.78. The largest absolute Gasteiger partial charge is 0.497 e. The highest BCUT2D eigenvalue weighted by Gasteiger charge is 2.37. The molecule has 0 fully saturated rings. The molecule has 1 atom stereocenters. The van der Waals surface area contributed by atoms with Crippen LogP contribution < -0.4 is 4.74 Å². The van der Waals surface area contributed by atoms with Gasteiger partial charge in [0, 0.05) is 6.54 Å². The fraction of sp³-hybridized carbons (Fsp3) is 0.278. The van der Waals surface area contributed by atoms with Gasteiger partial charge >= 0.3 is 5.97 Å². The first-order valence-corrected chi connectivity index (χ1v) is 9.33. The average molecular weight is 361 g/mol. The van der Waals surface area contributed by atoms with Crippen molar-refractivity contribution in [2.75, 3.05) is 13.7 Å². The van der Waals surface area contributed by atoms with Crippen LogP contribution in [0.5, 0.6) is 5.75 Å². The molecule has 0 spiro atoms. The first-order valence-electron chi connectivity index (χ1n) is 7.89. The Labute approximate surface area is 146 Å². The lowest BCUT2D eigenvalue weighted by atomic mass is 9.92. The summed E-state index contributed by atoms with van der Waals surface area (Å²) in [6, 6.07) is 12.8. The molecule has 6 nitrogen and oxygen atoms in total. The molecule has 0 aliphatic carbocycles. The van der Waals surface area contributed by atoms with E-state index in [0.29, 0.717) is 12.2 Å². The van der Waals surface area contributed by atoms with E-state index in [9.17, 15) is 18.3 Å². The Hall–Kier alpha value is -2.38. The number of aliphatic carboxylic acids is 1. The number of methoxy groups -OCH3 is 1. The van der Waals surface area contributed by atoms with Gasteiger partial charge in [-0.25, -0.2) is 8.42 Å². The number of carboxylic acids is 1. The van der Waals surface area contributed by atoms with E-state index >= 15 is 0 Å². The molecule has 0 saturated carbocycles. The van der Waals surface area contributed by atoms with Gasteiger partial charge in [-0.05, 0) is 41.8 Å². The van der Waals surface area contributed by atoms with Gasteiger partial charge in [0.15, 0.2) is 0 Å². The highest BCUT2D eigenvalue weighted by Crippen LogP contribution is 2.36. The smallest absolute Gasteiger partial charge is 0.305 e. The van der Waals surface area contributed by atoms with Crippen molar-refractivity contribution in [1.29, 1.82) is 0 Å². The number of hydrogen-bond acceptors (Lipinski definition) is 4. The van der Waals surface area contributed by atoms with E-state index in [-0.39, 0.29) is 17.9 Å². The van der Waals surface area contributed by atoms with Gasteiger partial charge in [0.2, 0.25) is 10.0 Å². The molecular weight excluding hydrogens is 342 g/mol. The molecule has 1 N–H and O–H groups in total. The van der Waals surface area contributed by atoms with Crippen LogP contribution in [0.15, 0.2) is 53.4 Å². The number of fused-ring (bicyclic) bond motifs is 1. The lowest BCUT2D eigenvalue weighted by Crippen LogP contribution is -2.40. The normalized spacial score (nSPS) is 17.7. The Bertz CT molecular complexity index is 877. The van der Waals surface area contributed by atoms with Gasteiger partial charge in [0.25, 0.3) is 0 Å². The van der Waals surface area contributed by atoms with E-state index in [1.54, 1.807) is 24.3 Å². The molecular formula is C18H19NO5S. The molecule has 0 aromatic heterocycles. The molecule has 1 heterocycles. The molecule has 0 amide bonds. The first kappa shape index (κ1) is 17.4. The quantitative estimate of drug-likeness (QED) is 0.884. The molecule has 3 rings (SSSR count). The predicted octanol–water partition coefficient (Wildman–Crippen LogP) is 2.46. The minimum Gasteiger partial charge on any atom is -0.497 e. The molecule has 2 aromatic rings. The molecule has 25 heavy (non-hydrogen) atoms. The SMILES string of the molecule is COc1ccc(S(=O)(=O)N2CCc3ccccc3C2CC(=O)O)cc1. The van der Waals surface area contributed by atoms with E-state index in [1.807, 2.05) is 12.1 Å². The zero-order valence-corrected chi connectivity index (χ0v) is 14.6. The maximum atomic E-state index is 13.1. The van der Waals surface area contributed by atoms with Gasteiger partial charge in [-0.3, -0.25) is 4.79 Å². The van der Waals surface area contributed by atoms with E-state index in [1.165, 1.54) is 23.5 Å². The van der Waals surface area contributed by atoms with Crippen molar-refractivity contribution in [3.8, 4) is 5.75 Å². The van der Waals surface area contributed by atoms with Gasteiger partial charge in [0.1, 0.15) is 5.75 Å². The van der Waals surface area contributed by atoms with E-state index < -0.39 is 22.0 Å². The fourth-order valence-electron chi connectivity index (χ4n) is 3.18. The van der Waals surface area contributed by atoms with Crippen molar-refractivity contribution in [1.82, 2.24) is 4.31 Å². The van der Waals surface area contributed by atoms with Crippen molar-refractivity contribution in [3.63, 3.8) is 0 Å². The summed E-state index contributed by atoms with van der Waals surface area (Å²) in [5.74, 6) is -0.471. The van der Waals surface area contributed by atoms with Crippen LogP contribution in [-0.4, -0.2) is 37.5 Å². The summed E-state index contributed by atoms with van der Waals surface area (Å²) in [6.07, 6.45) is 0.286. The molecule has 0 bridgehead atoms. The van der Waals surface area contributed by atoms with Crippen molar-refractivity contribution >= 4 is 16.0 Å². The number of ether oxygens (including phenoxy) is 1. The van der Waals surface area contributed by atoms with E-state index in [2.05, 4.69) is 0 Å². The summed E-state index contributed by atoms with van der Waals surface area (Å²) in [7, 11) is -2.30. The minimum atomic E-state index is -3.81. The average Bonchev–Trinajstić information content (AvgIpc) is 2.61. The zero-order chi connectivity index (χ0) is 18.0. The molecule has 7 heteroatoms. The van der Waals surface area contributed by atoms with Crippen LogP contribution in [0.2, 0.25) is 0 Å². The van der Waals surface area contributed by atoms with Crippen LogP contribution >= 0.6 is 0 Å². The minimum absolute atomic E-state index is 0.128. The summed E-state index contributed by atoms with van der Waals surface area (Å²) in [4.78, 5) is 11.5. The fourth-order valence-corrected chi connectivity index (χ4v) is 4.78. The Morgan fingerprint density at radius 3 is 2.52 bits per heavy atom. The molecule has 1 unspecified atom stereocenters. The van der Waals surface area contributed by atoms with Crippen LogP contribution in [0.3, 0.4) is 0 Å². The van der Waals surface area contributed by atoms with Crippen LogP contribution in [0.1, 0.15) is 23.6 Å². The number of benzene rings is 2. The topological polar surface area (TPSA) is 83.9 Å². The van der Waals surface area contributed by atoms with E-state index in [0.717, 1.165) is 11.1 Å². The molecule has 1 aliphatic heterocycles. The van der Waals surface area contributed by atoms with Crippen molar-refractivity contribution in [2.45, 2.75) is 23.8 Å². The molecule has 1 aliphatic rings. The Morgan fingerprint density at radius 2 is 1.88 bits per heavy atom. The number of nitrogens with zero attached hydrogens (tertiary/aromatic N) is 1. The second-order valence-electron chi connectivity index (χ2n) is 5.85. The maximum Gasteiger partial charge on any atom is 0.305 e. The molecule has 0 saturated heterocycles. The van der Waals surface area contributed by atoms with Crippen LogP contribution in [-0.2, 0) is 21.2 Å². The number of carboxylic acid groups (broad SMARTS) is 1. The number of hydrogen-bond donors (Lipinski definition) is 1. The molecule has 2 aromatic carbocycles. The maximum absolute atomic E-state index is 13.1. The third-order valence-corrected chi connectivity index (χ3v) is 6.32. The third-order valence-electron chi connectivity index (χ3n) is 4.40. The van der Waals surface area contributed by atoms with Gasteiger partial charge in [-0.2, -0.15) is 4.31 Å². The Balaban J connectivity index is 2.02. The number of sulfonamides is 1. The van der Waals surface area contributed by atoms with Crippen molar-refractivity contribution in [3.05, 3.63) is 59.7 Å². The van der Waals surface area contributed by atoms with Crippen molar-refractivity contribution in [2.24, 2.45) is 0 Å². The zero-order valence-electron chi connectivity index (χ0n) is 13.8. The molecule has 0 radical (unpaired) electrons. The second kappa shape index (κ2) is 6.85. The highest BCUT2D eigenvalue weighted by atomic mass is 32.2. The van der Waals surface area contributed by atoms with Gasteiger partial charge in [-0.15, -0.1) is 0 Å². The van der Waals surface area contributed by atoms with E-state index in [4.69, 9.17) is 4.74 Å². The lowest BCUT2D eigenvalue weighted by Gasteiger charge is -2.35.